The molecule has 134 valence electrons. The molecule has 5 nitrogen and oxygen atoms in total. The molecule has 5 heteroatoms. The molecule has 1 saturated heterocycles. The third-order valence-electron chi connectivity index (χ3n) is 4.83. The Hall–Kier alpha value is -1.59. The van der Waals surface area contributed by atoms with E-state index in [0.717, 1.165) is 31.9 Å². The van der Waals surface area contributed by atoms with Crippen LogP contribution >= 0.6 is 0 Å². The first-order valence-electron chi connectivity index (χ1n) is 8.85. The standard InChI is InChI=1S/C19H31N3O2/c1-15-5-6-18(13-16(15)2)24-12-7-19(23)20-14-17(3)22-10-8-21(4)9-11-22/h5-6,13,17H,7-12,14H2,1-4H3,(H,20,23)/t17-/m0/s1. The minimum Gasteiger partial charge on any atom is -0.493 e. The van der Waals surface area contributed by atoms with Gasteiger partial charge in [-0.2, -0.15) is 0 Å². The molecule has 1 aliphatic rings. The first-order valence-corrected chi connectivity index (χ1v) is 8.85. The highest BCUT2D eigenvalue weighted by Gasteiger charge is 2.19. The second-order valence-corrected chi connectivity index (χ2v) is 6.84. The average molecular weight is 333 g/mol. The number of carbonyl (C=O) groups excluding carboxylic acids is 1. The number of piperazine rings is 1. The predicted octanol–water partition coefficient (Wildman–Crippen LogP) is 1.82. The summed E-state index contributed by atoms with van der Waals surface area (Å²) in [5, 5.41) is 3.02. The van der Waals surface area contributed by atoms with Crippen LogP contribution in [0.3, 0.4) is 0 Å². The van der Waals surface area contributed by atoms with E-state index >= 15 is 0 Å². The molecule has 2 rings (SSSR count). The van der Waals surface area contributed by atoms with Crippen LogP contribution in [0.2, 0.25) is 0 Å². The fourth-order valence-corrected chi connectivity index (χ4v) is 2.81. The van der Waals surface area contributed by atoms with Crippen molar-refractivity contribution >= 4 is 5.91 Å². The van der Waals surface area contributed by atoms with Crippen LogP contribution in [0.25, 0.3) is 0 Å². The van der Waals surface area contributed by atoms with E-state index in [4.69, 9.17) is 4.74 Å². The Balaban J connectivity index is 1.63. The molecule has 1 heterocycles. The zero-order valence-corrected chi connectivity index (χ0v) is 15.5. The molecule has 0 aromatic heterocycles. The van der Waals surface area contributed by atoms with Crippen molar-refractivity contribution in [1.82, 2.24) is 15.1 Å². The number of rotatable bonds is 7. The quantitative estimate of drug-likeness (QED) is 0.827. The number of ether oxygens (including phenoxy) is 1. The smallest absolute Gasteiger partial charge is 0.223 e. The maximum atomic E-state index is 12.0. The van der Waals surface area contributed by atoms with Crippen molar-refractivity contribution < 1.29 is 9.53 Å². The summed E-state index contributed by atoms with van der Waals surface area (Å²) in [5.74, 6) is 0.886. The first kappa shape index (κ1) is 18.7. The lowest BCUT2D eigenvalue weighted by molar-refractivity contribution is -0.121. The van der Waals surface area contributed by atoms with Crippen molar-refractivity contribution in [1.29, 1.82) is 0 Å². The topological polar surface area (TPSA) is 44.8 Å². The van der Waals surface area contributed by atoms with Crippen LogP contribution in [0.15, 0.2) is 18.2 Å². The van der Waals surface area contributed by atoms with Gasteiger partial charge in [-0.1, -0.05) is 6.07 Å². The molecule has 1 N–H and O–H groups in total. The first-order chi connectivity index (χ1) is 11.5. The van der Waals surface area contributed by atoms with Gasteiger partial charge in [0.1, 0.15) is 5.75 Å². The molecular formula is C19H31N3O2. The van der Waals surface area contributed by atoms with Crippen LogP contribution in [0, 0.1) is 13.8 Å². The van der Waals surface area contributed by atoms with Crippen LogP contribution in [0.5, 0.6) is 5.75 Å². The number of likely N-dealkylation sites (N-methyl/N-ethyl adjacent to an activating group) is 1. The molecule has 0 radical (unpaired) electrons. The van der Waals surface area contributed by atoms with Crippen molar-refractivity contribution in [2.75, 3.05) is 46.4 Å². The van der Waals surface area contributed by atoms with Gasteiger partial charge in [-0.25, -0.2) is 0 Å². The van der Waals surface area contributed by atoms with Gasteiger partial charge >= 0.3 is 0 Å². The maximum absolute atomic E-state index is 12.0. The lowest BCUT2D eigenvalue weighted by Gasteiger charge is -2.36. The van der Waals surface area contributed by atoms with Gasteiger partial charge < -0.3 is 15.0 Å². The van der Waals surface area contributed by atoms with E-state index in [-0.39, 0.29) is 5.91 Å². The van der Waals surface area contributed by atoms with E-state index in [1.807, 2.05) is 18.2 Å². The Morgan fingerprint density at radius 1 is 1.21 bits per heavy atom. The Kier molecular flexibility index (Phi) is 7.06. The van der Waals surface area contributed by atoms with Crippen molar-refractivity contribution in [2.24, 2.45) is 0 Å². The highest BCUT2D eigenvalue weighted by Crippen LogP contribution is 2.16. The molecule has 0 spiro atoms. The van der Waals surface area contributed by atoms with Gasteiger partial charge in [0.05, 0.1) is 13.0 Å². The summed E-state index contributed by atoms with van der Waals surface area (Å²) in [6.07, 6.45) is 0.391. The van der Waals surface area contributed by atoms with Gasteiger partial charge in [-0.05, 0) is 51.1 Å². The van der Waals surface area contributed by atoms with Crippen molar-refractivity contribution in [3.05, 3.63) is 29.3 Å². The molecule has 24 heavy (non-hydrogen) atoms. The zero-order valence-electron chi connectivity index (χ0n) is 15.5. The van der Waals surface area contributed by atoms with Crippen LogP contribution in [-0.2, 0) is 4.79 Å². The SMILES string of the molecule is Cc1ccc(OCCC(=O)NC[C@H](C)N2CCN(C)CC2)cc1C. The molecule has 1 amide bonds. The normalized spacial score (nSPS) is 17.5. The minimum atomic E-state index is 0.0554. The number of aryl methyl sites for hydroxylation is 2. The minimum absolute atomic E-state index is 0.0554. The van der Waals surface area contributed by atoms with Gasteiger partial charge in [-0.15, -0.1) is 0 Å². The number of nitrogens with zero attached hydrogens (tertiary/aromatic N) is 2. The number of hydrogen-bond donors (Lipinski definition) is 1. The lowest BCUT2D eigenvalue weighted by atomic mass is 10.1. The van der Waals surface area contributed by atoms with Gasteiger partial charge in [0, 0.05) is 38.8 Å². The average Bonchev–Trinajstić information content (AvgIpc) is 2.56. The van der Waals surface area contributed by atoms with Crippen LogP contribution in [0.1, 0.15) is 24.5 Å². The van der Waals surface area contributed by atoms with Crippen LogP contribution < -0.4 is 10.1 Å². The molecule has 1 aromatic carbocycles. The second-order valence-electron chi connectivity index (χ2n) is 6.84. The van der Waals surface area contributed by atoms with Crippen molar-refractivity contribution in [2.45, 2.75) is 33.2 Å². The van der Waals surface area contributed by atoms with Crippen molar-refractivity contribution in [3.63, 3.8) is 0 Å². The number of hydrogen-bond acceptors (Lipinski definition) is 4. The summed E-state index contributed by atoms with van der Waals surface area (Å²) in [6.45, 7) is 11.8. The van der Waals surface area contributed by atoms with Gasteiger partial charge in [0.2, 0.25) is 5.91 Å². The summed E-state index contributed by atoms with van der Waals surface area (Å²) in [6, 6.07) is 6.39. The summed E-state index contributed by atoms with van der Waals surface area (Å²) in [4.78, 5) is 16.8. The van der Waals surface area contributed by atoms with E-state index in [0.29, 0.717) is 25.6 Å². The second kappa shape index (κ2) is 9.04. The zero-order chi connectivity index (χ0) is 17.5. The molecular weight excluding hydrogens is 302 g/mol. The van der Waals surface area contributed by atoms with E-state index in [9.17, 15) is 4.79 Å². The third-order valence-corrected chi connectivity index (χ3v) is 4.83. The molecule has 0 saturated carbocycles. The summed E-state index contributed by atoms with van der Waals surface area (Å²) < 4.78 is 5.67. The number of amides is 1. The van der Waals surface area contributed by atoms with Crippen LogP contribution in [0.4, 0.5) is 0 Å². The Labute approximate surface area is 146 Å². The van der Waals surface area contributed by atoms with Gasteiger partial charge in [-0.3, -0.25) is 9.69 Å². The predicted molar refractivity (Wildman–Crippen MR) is 97.6 cm³/mol. The van der Waals surface area contributed by atoms with Gasteiger partial charge in [0.25, 0.3) is 0 Å². The fourth-order valence-electron chi connectivity index (χ4n) is 2.81. The van der Waals surface area contributed by atoms with Gasteiger partial charge in [0.15, 0.2) is 0 Å². The van der Waals surface area contributed by atoms with E-state index in [1.54, 1.807) is 0 Å². The fraction of sp³-hybridized carbons (Fsp3) is 0.632. The molecule has 0 bridgehead atoms. The number of nitrogens with one attached hydrogen (secondary N) is 1. The van der Waals surface area contributed by atoms with Crippen LogP contribution in [-0.4, -0.2) is 68.1 Å². The Morgan fingerprint density at radius 3 is 2.58 bits per heavy atom. The van der Waals surface area contributed by atoms with E-state index in [1.165, 1.54) is 11.1 Å². The highest BCUT2D eigenvalue weighted by atomic mass is 16.5. The third kappa shape index (κ3) is 5.80. The molecule has 1 fully saturated rings. The highest BCUT2D eigenvalue weighted by molar-refractivity contribution is 5.76. The summed E-state index contributed by atoms with van der Waals surface area (Å²) >= 11 is 0. The number of benzene rings is 1. The molecule has 1 aliphatic heterocycles. The molecule has 0 aliphatic carbocycles. The lowest BCUT2D eigenvalue weighted by Crippen LogP contribution is -2.51. The largest absolute Gasteiger partial charge is 0.493 e. The van der Waals surface area contributed by atoms with E-state index < -0.39 is 0 Å². The maximum Gasteiger partial charge on any atom is 0.223 e. The molecule has 1 aromatic rings. The molecule has 0 unspecified atom stereocenters. The Bertz CT molecular complexity index is 539. The Morgan fingerprint density at radius 2 is 1.92 bits per heavy atom. The molecule has 1 atom stereocenters. The number of carbonyl (C=O) groups is 1. The summed E-state index contributed by atoms with van der Waals surface area (Å²) in [5.41, 5.74) is 2.45. The monoisotopic (exact) mass is 333 g/mol. The van der Waals surface area contributed by atoms with E-state index in [2.05, 4.69) is 42.9 Å². The van der Waals surface area contributed by atoms with Crippen molar-refractivity contribution in [3.8, 4) is 5.75 Å². The summed E-state index contributed by atoms with van der Waals surface area (Å²) in [7, 11) is 2.15.